The minimum atomic E-state index is 0. The quantitative estimate of drug-likeness (QED) is 0.832. The van der Waals surface area contributed by atoms with Crippen LogP contribution in [0.2, 0.25) is 0 Å². The van der Waals surface area contributed by atoms with Crippen LogP contribution >= 0.6 is 24.8 Å². The first-order valence-electron chi connectivity index (χ1n) is 8.40. The maximum atomic E-state index is 2.71. The highest BCUT2D eigenvalue weighted by molar-refractivity contribution is 5.85. The van der Waals surface area contributed by atoms with E-state index in [1.165, 1.54) is 62.9 Å². The molecule has 0 N–H and O–H groups in total. The Balaban J connectivity index is 0.000000960. The van der Waals surface area contributed by atoms with E-state index in [0.717, 1.165) is 12.6 Å². The molecular weight excluding hydrogens is 329 g/mol. The number of piperidine rings is 1. The molecule has 1 aromatic heterocycles. The van der Waals surface area contributed by atoms with Crippen molar-refractivity contribution in [2.75, 3.05) is 32.7 Å². The molecule has 2 aliphatic rings. The number of aromatic nitrogens is 1. The average molecular weight is 356 g/mol. The first-order chi connectivity index (χ1) is 10.4. The summed E-state index contributed by atoms with van der Waals surface area (Å²) in [7, 11) is 0. The SMILES string of the molecule is Cl.Cl.c1ccc2c(c1)ccn2CCN1CCN2CCCCC2C1. The molecule has 1 aromatic carbocycles. The largest absolute Gasteiger partial charge is 0.346 e. The highest BCUT2D eigenvalue weighted by atomic mass is 35.5. The van der Waals surface area contributed by atoms with E-state index in [-0.39, 0.29) is 24.8 Å². The Labute approximate surface area is 151 Å². The Bertz CT molecular complexity index is 613. The minimum Gasteiger partial charge on any atom is -0.346 e. The molecule has 0 aliphatic carbocycles. The maximum Gasteiger partial charge on any atom is 0.0480 e. The van der Waals surface area contributed by atoms with Crippen molar-refractivity contribution in [3.05, 3.63) is 36.5 Å². The molecule has 2 saturated heterocycles. The number of para-hydroxylation sites is 1. The van der Waals surface area contributed by atoms with Crippen LogP contribution < -0.4 is 0 Å². The van der Waals surface area contributed by atoms with Gasteiger partial charge in [-0.15, -0.1) is 24.8 Å². The van der Waals surface area contributed by atoms with Crippen LogP contribution in [0.15, 0.2) is 36.5 Å². The second-order valence-corrected chi connectivity index (χ2v) is 6.55. The topological polar surface area (TPSA) is 11.4 Å². The van der Waals surface area contributed by atoms with E-state index in [2.05, 4.69) is 50.9 Å². The van der Waals surface area contributed by atoms with E-state index >= 15 is 0 Å². The van der Waals surface area contributed by atoms with Gasteiger partial charge in [0.25, 0.3) is 0 Å². The van der Waals surface area contributed by atoms with Crippen LogP contribution in [0.5, 0.6) is 0 Å². The number of piperazine rings is 1. The average Bonchev–Trinajstić information content (AvgIpc) is 2.96. The molecule has 0 saturated carbocycles. The molecule has 2 aromatic rings. The molecule has 2 fully saturated rings. The van der Waals surface area contributed by atoms with Crippen LogP contribution in [-0.2, 0) is 6.54 Å². The lowest BCUT2D eigenvalue weighted by Gasteiger charge is -2.44. The maximum absolute atomic E-state index is 2.71. The van der Waals surface area contributed by atoms with Crippen molar-refractivity contribution < 1.29 is 0 Å². The predicted octanol–water partition coefficient (Wildman–Crippen LogP) is 3.66. The van der Waals surface area contributed by atoms with Gasteiger partial charge in [0.15, 0.2) is 0 Å². The highest BCUT2D eigenvalue weighted by Gasteiger charge is 2.28. The molecule has 23 heavy (non-hydrogen) atoms. The van der Waals surface area contributed by atoms with Crippen molar-refractivity contribution in [1.82, 2.24) is 14.4 Å². The fourth-order valence-corrected chi connectivity index (χ4v) is 4.01. The third-order valence-corrected chi connectivity index (χ3v) is 5.26. The fourth-order valence-electron chi connectivity index (χ4n) is 4.01. The lowest BCUT2D eigenvalue weighted by molar-refractivity contribution is 0.0480. The van der Waals surface area contributed by atoms with Crippen molar-refractivity contribution >= 4 is 35.7 Å². The number of hydrogen-bond acceptors (Lipinski definition) is 2. The van der Waals surface area contributed by atoms with Gasteiger partial charge in [0.05, 0.1) is 0 Å². The smallest absolute Gasteiger partial charge is 0.0480 e. The highest BCUT2D eigenvalue weighted by Crippen LogP contribution is 2.21. The number of rotatable bonds is 3. The van der Waals surface area contributed by atoms with E-state index < -0.39 is 0 Å². The van der Waals surface area contributed by atoms with Crippen molar-refractivity contribution in [2.45, 2.75) is 31.8 Å². The van der Waals surface area contributed by atoms with E-state index in [1.807, 2.05) is 0 Å². The van der Waals surface area contributed by atoms with Gasteiger partial charge >= 0.3 is 0 Å². The molecule has 0 bridgehead atoms. The summed E-state index contributed by atoms with van der Waals surface area (Å²) in [5.41, 5.74) is 1.37. The van der Waals surface area contributed by atoms with Crippen LogP contribution in [0.1, 0.15) is 19.3 Å². The van der Waals surface area contributed by atoms with Crippen LogP contribution in [0, 0.1) is 0 Å². The zero-order valence-electron chi connectivity index (χ0n) is 13.6. The summed E-state index contributed by atoms with van der Waals surface area (Å²) in [5.74, 6) is 0. The number of halogens is 2. The summed E-state index contributed by atoms with van der Waals surface area (Å²) >= 11 is 0. The molecule has 1 unspecified atom stereocenters. The number of fused-ring (bicyclic) bond motifs is 2. The van der Waals surface area contributed by atoms with Gasteiger partial charge in [-0.25, -0.2) is 0 Å². The lowest BCUT2D eigenvalue weighted by atomic mass is 9.99. The third kappa shape index (κ3) is 4.03. The molecule has 1 atom stereocenters. The van der Waals surface area contributed by atoms with Crippen LogP contribution in [0.4, 0.5) is 0 Å². The van der Waals surface area contributed by atoms with Gasteiger partial charge in [0, 0.05) is 50.5 Å². The number of hydrogen-bond donors (Lipinski definition) is 0. The van der Waals surface area contributed by atoms with Crippen molar-refractivity contribution in [2.24, 2.45) is 0 Å². The molecule has 4 rings (SSSR count). The molecule has 3 nitrogen and oxygen atoms in total. The summed E-state index contributed by atoms with van der Waals surface area (Å²) in [4.78, 5) is 5.38. The molecule has 128 valence electrons. The van der Waals surface area contributed by atoms with Gasteiger partial charge in [0.2, 0.25) is 0 Å². The first kappa shape index (κ1) is 18.6. The first-order valence-corrected chi connectivity index (χ1v) is 8.40. The van der Waals surface area contributed by atoms with Gasteiger partial charge in [-0.3, -0.25) is 9.80 Å². The molecule has 0 amide bonds. The van der Waals surface area contributed by atoms with Crippen LogP contribution in [0.25, 0.3) is 10.9 Å². The van der Waals surface area contributed by atoms with E-state index in [9.17, 15) is 0 Å². The van der Waals surface area contributed by atoms with Crippen molar-refractivity contribution in [1.29, 1.82) is 0 Å². The number of nitrogens with zero attached hydrogens (tertiary/aromatic N) is 3. The van der Waals surface area contributed by atoms with E-state index in [0.29, 0.717) is 0 Å². The van der Waals surface area contributed by atoms with Crippen LogP contribution in [-0.4, -0.2) is 53.1 Å². The zero-order valence-corrected chi connectivity index (χ0v) is 15.2. The molecule has 0 spiro atoms. The van der Waals surface area contributed by atoms with Gasteiger partial charge < -0.3 is 4.57 Å². The normalized spacial score (nSPS) is 22.2. The summed E-state index contributed by atoms with van der Waals surface area (Å²) in [5, 5.41) is 1.36. The molecule has 5 heteroatoms. The van der Waals surface area contributed by atoms with Crippen molar-refractivity contribution in [3.63, 3.8) is 0 Å². The minimum absolute atomic E-state index is 0. The monoisotopic (exact) mass is 355 g/mol. The summed E-state index contributed by atoms with van der Waals surface area (Å²) in [6, 6.07) is 11.7. The van der Waals surface area contributed by atoms with Gasteiger partial charge in [0.1, 0.15) is 0 Å². The fraction of sp³-hybridized carbons (Fsp3) is 0.556. The Morgan fingerprint density at radius 1 is 0.913 bits per heavy atom. The Kier molecular flexibility index (Phi) is 6.78. The van der Waals surface area contributed by atoms with Crippen molar-refractivity contribution in [3.8, 4) is 0 Å². The van der Waals surface area contributed by atoms with Gasteiger partial charge in [-0.1, -0.05) is 24.6 Å². The van der Waals surface area contributed by atoms with E-state index in [1.54, 1.807) is 0 Å². The standard InChI is InChI=1S/C18H25N3.2ClH/c1-2-7-18-16(5-1)8-10-21(18)14-12-19-11-13-20-9-4-3-6-17(20)15-19;;/h1-2,5,7-8,10,17H,3-4,6,9,11-15H2;2*1H. The third-order valence-electron chi connectivity index (χ3n) is 5.26. The summed E-state index contributed by atoms with van der Waals surface area (Å²) in [6.45, 7) is 7.43. The lowest BCUT2D eigenvalue weighted by Crippen LogP contribution is -2.55. The van der Waals surface area contributed by atoms with Gasteiger partial charge in [-0.2, -0.15) is 0 Å². The van der Waals surface area contributed by atoms with E-state index in [4.69, 9.17) is 0 Å². The number of benzene rings is 1. The second kappa shape index (κ2) is 8.39. The Morgan fingerprint density at radius 2 is 1.78 bits per heavy atom. The zero-order chi connectivity index (χ0) is 14.1. The van der Waals surface area contributed by atoms with Gasteiger partial charge in [-0.05, 0) is 36.9 Å². The molecular formula is C18H27Cl2N3. The Hall–Kier alpha value is -0.740. The summed E-state index contributed by atoms with van der Waals surface area (Å²) < 4.78 is 2.41. The molecule has 2 aliphatic heterocycles. The van der Waals surface area contributed by atoms with Crippen LogP contribution in [0.3, 0.4) is 0 Å². The molecule has 0 radical (unpaired) electrons. The predicted molar refractivity (Wildman–Crippen MR) is 102 cm³/mol. The second-order valence-electron chi connectivity index (χ2n) is 6.55. The summed E-state index contributed by atoms with van der Waals surface area (Å²) in [6.07, 6.45) is 6.48. The molecule has 3 heterocycles. The Morgan fingerprint density at radius 3 is 2.70 bits per heavy atom.